The highest BCUT2D eigenvalue weighted by molar-refractivity contribution is 7.89. The van der Waals surface area contributed by atoms with Gasteiger partial charge in [0.15, 0.2) is 0 Å². The van der Waals surface area contributed by atoms with E-state index in [2.05, 4.69) is 10.3 Å². The highest BCUT2D eigenvalue weighted by Crippen LogP contribution is 2.26. The number of anilines is 1. The molecule has 0 bridgehead atoms. The van der Waals surface area contributed by atoms with E-state index in [1.165, 1.54) is 16.4 Å². The highest BCUT2D eigenvalue weighted by Gasteiger charge is 2.33. The molecule has 1 atom stereocenters. The number of H-pyrrole nitrogens is 1. The molecule has 0 radical (unpaired) electrons. The number of pyridine rings is 1. The summed E-state index contributed by atoms with van der Waals surface area (Å²) >= 11 is 0. The van der Waals surface area contributed by atoms with Gasteiger partial charge < -0.3 is 15.0 Å². The molecule has 9 heteroatoms. The lowest BCUT2D eigenvalue weighted by Crippen LogP contribution is -2.43. The average molecular weight is 456 g/mol. The molecule has 0 spiro atoms. The third-order valence-electron chi connectivity index (χ3n) is 5.52. The fourth-order valence-electron chi connectivity index (χ4n) is 3.86. The lowest BCUT2D eigenvalue weighted by Gasteiger charge is -2.31. The van der Waals surface area contributed by atoms with Gasteiger partial charge in [-0.2, -0.15) is 4.31 Å². The maximum absolute atomic E-state index is 13.2. The summed E-state index contributed by atoms with van der Waals surface area (Å²) in [4.78, 5) is 27.1. The van der Waals surface area contributed by atoms with E-state index >= 15 is 0 Å². The minimum absolute atomic E-state index is 0.120. The summed E-state index contributed by atoms with van der Waals surface area (Å²) in [5.74, 6) is 0.0759. The van der Waals surface area contributed by atoms with Crippen molar-refractivity contribution < 1.29 is 17.9 Å². The van der Waals surface area contributed by atoms with Gasteiger partial charge in [-0.05, 0) is 73.7 Å². The van der Waals surface area contributed by atoms with E-state index in [9.17, 15) is 18.0 Å². The Labute approximate surface area is 186 Å². The first-order chi connectivity index (χ1) is 15.4. The summed E-state index contributed by atoms with van der Waals surface area (Å²) in [6.07, 6.45) is 1.22. The van der Waals surface area contributed by atoms with E-state index in [1.54, 1.807) is 42.5 Å². The first-order valence-electron chi connectivity index (χ1n) is 10.5. The van der Waals surface area contributed by atoms with Crippen LogP contribution in [0.5, 0.6) is 5.75 Å². The first-order valence-corrected chi connectivity index (χ1v) is 12.0. The summed E-state index contributed by atoms with van der Waals surface area (Å²) in [6, 6.07) is 14.7. The second-order valence-corrected chi connectivity index (χ2v) is 9.66. The van der Waals surface area contributed by atoms with Crippen molar-refractivity contribution in [1.29, 1.82) is 0 Å². The van der Waals surface area contributed by atoms with Gasteiger partial charge in [-0.3, -0.25) is 9.59 Å². The molecule has 0 unspecified atom stereocenters. The van der Waals surface area contributed by atoms with E-state index in [4.69, 9.17) is 4.74 Å². The Morgan fingerprint density at radius 3 is 2.69 bits per heavy atom. The zero-order chi connectivity index (χ0) is 22.7. The molecule has 4 rings (SSSR count). The van der Waals surface area contributed by atoms with Crippen LogP contribution in [0.3, 0.4) is 0 Å². The monoisotopic (exact) mass is 455 g/mol. The van der Waals surface area contributed by atoms with Crippen LogP contribution in [-0.2, 0) is 14.8 Å². The number of hydrogen-bond donors (Lipinski definition) is 2. The van der Waals surface area contributed by atoms with Crippen molar-refractivity contribution in [1.82, 2.24) is 9.29 Å². The number of fused-ring (bicyclic) bond motifs is 1. The third kappa shape index (κ3) is 4.68. The van der Waals surface area contributed by atoms with Crippen molar-refractivity contribution in [2.24, 2.45) is 5.92 Å². The fraction of sp³-hybridized carbons (Fsp3) is 0.304. The molecule has 1 aliphatic heterocycles. The number of hydrogen-bond acceptors (Lipinski definition) is 5. The molecule has 1 aromatic heterocycles. The summed E-state index contributed by atoms with van der Waals surface area (Å²) < 4.78 is 33.2. The van der Waals surface area contributed by atoms with Gasteiger partial charge in [-0.1, -0.05) is 0 Å². The largest absolute Gasteiger partial charge is 0.494 e. The van der Waals surface area contributed by atoms with Crippen LogP contribution in [0.2, 0.25) is 0 Å². The Morgan fingerprint density at radius 1 is 1.16 bits per heavy atom. The van der Waals surface area contributed by atoms with Gasteiger partial charge in [0, 0.05) is 30.4 Å². The summed E-state index contributed by atoms with van der Waals surface area (Å²) in [6.45, 7) is 2.94. The number of rotatable bonds is 6. The molecule has 32 heavy (non-hydrogen) atoms. The van der Waals surface area contributed by atoms with Crippen molar-refractivity contribution in [3.63, 3.8) is 0 Å². The number of sulfonamides is 1. The normalized spacial score (nSPS) is 17.2. The fourth-order valence-corrected chi connectivity index (χ4v) is 5.42. The molecule has 2 N–H and O–H groups in total. The number of piperidine rings is 1. The lowest BCUT2D eigenvalue weighted by atomic mass is 9.99. The van der Waals surface area contributed by atoms with Crippen LogP contribution in [0.25, 0.3) is 10.9 Å². The number of ether oxygens (including phenoxy) is 1. The molecule has 1 aliphatic rings. The van der Waals surface area contributed by atoms with E-state index in [-0.39, 0.29) is 22.9 Å². The second kappa shape index (κ2) is 9.13. The van der Waals surface area contributed by atoms with Crippen molar-refractivity contribution in [2.45, 2.75) is 24.7 Å². The number of nitrogens with one attached hydrogen (secondary N) is 2. The first kappa shape index (κ1) is 22.0. The summed E-state index contributed by atoms with van der Waals surface area (Å²) in [7, 11) is -3.77. The van der Waals surface area contributed by atoms with E-state index in [0.29, 0.717) is 42.6 Å². The number of carbonyl (C=O) groups excluding carboxylic acids is 1. The Bertz CT molecular complexity index is 1280. The van der Waals surface area contributed by atoms with Gasteiger partial charge in [0.2, 0.25) is 21.5 Å². The SMILES string of the molecule is CCOc1ccc(NC(=O)[C@H]2CCCN(S(=O)(=O)c3ccc4[nH]c(=O)ccc4c3)C2)cc1. The minimum atomic E-state index is -3.77. The molecule has 1 fully saturated rings. The van der Waals surface area contributed by atoms with Crippen LogP contribution in [0.4, 0.5) is 5.69 Å². The molecule has 2 aromatic carbocycles. The Kier molecular flexibility index (Phi) is 6.29. The van der Waals surface area contributed by atoms with E-state index < -0.39 is 15.9 Å². The maximum Gasteiger partial charge on any atom is 0.248 e. The minimum Gasteiger partial charge on any atom is -0.494 e. The Balaban J connectivity index is 1.48. The molecule has 0 saturated carbocycles. The summed E-state index contributed by atoms with van der Waals surface area (Å²) in [5.41, 5.74) is 0.968. The van der Waals surface area contributed by atoms with Crippen LogP contribution in [-0.4, -0.2) is 43.3 Å². The maximum atomic E-state index is 13.2. The van der Waals surface area contributed by atoms with Gasteiger partial charge in [-0.25, -0.2) is 8.42 Å². The smallest absolute Gasteiger partial charge is 0.248 e. The molecular formula is C23H25N3O5S. The molecule has 1 saturated heterocycles. The number of benzene rings is 2. The van der Waals surface area contributed by atoms with E-state index in [1.807, 2.05) is 6.92 Å². The topological polar surface area (TPSA) is 109 Å². The third-order valence-corrected chi connectivity index (χ3v) is 7.38. The standard InChI is InChI=1S/C23H25N3O5S/c1-2-31-19-8-6-18(7-9-19)24-23(28)17-4-3-13-26(15-17)32(29,30)20-10-11-21-16(14-20)5-12-22(27)25-21/h5-12,14,17H,2-4,13,15H2,1H3,(H,24,28)(H,25,27)/t17-/m0/s1. The Morgan fingerprint density at radius 2 is 1.94 bits per heavy atom. The van der Waals surface area contributed by atoms with Crippen LogP contribution in [0.1, 0.15) is 19.8 Å². The molecular weight excluding hydrogens is 430 g/mol. The number of carbonyl (C=O) groups is 1. The van der Waals surface area contributed by atoms with Crippen LogP contribution in [0.15, 0.2) is 64.3 Å². The van der Waals surface area contributed by atoms with E-state index in [0.717, 1.165) is 5.75 Å². The van der Waals surface area contributed by atoms with Crippen molar-refractivity contribution >= 4 is 32.5 Å². The lowest BCUT2D eigenvalue weighted by molar-refractivity contribution is -0.120. The highest BCUT2D eigenvalue weighted by atomic mass is 32.2. The molecule has 0 aliphatic carbocycles. The predicted molar refractivity (Wildman–Crippen MR) is 122 cm³/mol. The molecule has 1 amide bonds. The number of aromatic amines is 1. The zero-order valence-corrected chi connectivity index (χ0v) is 18.5. The second-order valence-electron chi connectivity index (χ2n) is 7.72. The number of aromatic nitrogens is 1. The number of amides is 1. The molecule has 3 aromatic rings. The van der Waals surface area contributed by atoms with Crippen molar-refractivity contribution in [3.8, 4) is 5.75 Å². The van der Waals surface area contributed by atoms with Gasteiger partial charge in [-0.15, -0.1) is 0 Å². The van der Waals surface area contributed by atoms with Gasteiger partial charge in [0.1, 0.15) is 5.75 Å². The predicted octanol–water partition coefficient (Wildman–Crippen LogP) is 2.97. The molecule has 168 valence electrons. The quantitative estimate of drug-likeness (QED) is 0.594. The molecule has 2 heterocycles. The van der Waals surface area contributed by atoms with Gasteiger partial charge >= 0.3 is 0 Å². The van der Waals surface area contributed by atoms with Crippen LogP contribution in [0, 0.1) is 5.92 Å². The number of nitrogens with zero attached hydrogens (tertiary/aromatic N) is 1. The van der Waals surface area contributed by atoms with Crippen LogP contribution < -0.4 is 15.6 Å². The van der Waals surface area contributed by atoms with Crippen molar-refractivity contribution in [2.75, 3.05) is 25.0 Å². The Hall–Kier alpha value is -3.17. The van der Waals surface area contributed by atoms with Gasteiger partial charge in [0.25, 0.3) is 0 Å². The zero-order valence-electron chi connectivity index (χ0n) is 17.7. The van der Waals surface area contributed by atoms with Crippen molar-refractivity contribution in [3.05, 3.63) is 65.0 Å². The van der Waals surface area contributed by atoms with Crippen LogP contribution >= 0.6 is 0 Å². The average Bonchev–Trinajstić information content (AvgIpc) is 2.80. The summed E-state index contributed by atoms with van der Waals surface area (Å²) in [5, 5.41) is 3.50. The molecule has 8 nitrogen and oxygen atoms in total. The van der Waals surface area contributed by atoms with Gasteiger partial charge in [0.05, 0.1) is 17.4 Å².